The Morgan fingerprint density at radius 3 is 1.20 bits per heavy atom. The average Bonchev–Trinajstić information content (AvgIpc) is 2.11. The van der Waals surface area contributed by atoms with Crippen LogP contribution in [0.5, 0.6) is 0 Å². The number of hydrogen-bond donors (Lipinski definition) is 8. The van der Waals surface area contributed by atoms with Gasteiger partial charge in [-0.25, -0.2) is 4.57 Å². The molecule has 15 heavy (non-hydrogen) atoms. The molecule has 0 aromatic rings. The Morgan fingerprint density at radius 1 is 0.867 bits per heavy atom. The molecular formula is C5H15O9P. The summed E-state index contributed by atoms with van der Waals surface area (Å²) in [6.45, 7) is -1.28. The van der Waals surface area contributed by atoms with Crippen molar-refractivity contribution < 1.29 is 44.8 Å². The highest BCUT2D eigenvalue weighted by atomic mass is 31.2. The second-order valence-electron chi connectivity index (χ2n) is 2.50. The summed E-state index contributed by atoms with van der Waals surface area (Å²) >= 11 is 0. The molecule has 0 aliphatic rings. The molecule has 3 atom stereocenters. The van der Waals surface area contributed by atoms with Crippen LogP contribution in [0.4, 0.5) is 0 Å². The number of rotatable bonds is 4. The molecule has 0 aliphatic carbocycles. The van der Waals surface area contributed by atoms with Gasteiger partial charge in [0.15, 0.2) is 0 Å². The number of aliphatic hydroxyl groups excluding tert-OH is 5. The zero-order valence-electron chi connectivity index (χ0n) is 7.58. The van der Waals surface area contributed by atoms with E-state index in [9.17, 15) is 0 Å². The summed E-state index contributed by atoms with van der Waals surface area (Å²) in [5.41, 5.74) is 0. The number of phosphoric acid groups is 1. The van der Waals surface area contributed by atoms with Gasteiger partial charge in [-0.1, -0.05) is 0 Å². The van der Waals surface area contributed by atoms with Crippen molar-refractivity contribution in [1.82, 2.24) is 0 Å². The van der Waals surface area contributed by atoms with Gasteiger partial charge < -0.3 is 40.2 Å². The lowest BCUT2D eigenvalue weighted by Crippen LogP contribution is -2.41. The van der Waals surface area contributed by atoms with Gasteiger partial charge in [0.1, 0.15) is 18.3 Å². The normalized spacial score (nSPS) is 17.3. The Morgan fingerprint density at radius 2 is 1.07 bits per heavy atom. The van der Waals surface area contributed by atoms with Gasteiger partial charge in [-0.05, 0) is 0 Å². The van der Waals surface area contributed by atoms with Crippen molar-refractivity contribution in [3.8, 4) is 0 Å². The standard InChI is InChI=1S/C5H12O5.H3O4P/c6-1-3(8)5(10)4(9)2-7;1-5(2,3)4/h3-10H,1-2H2;(H3,1,2,3,4)/t3-,4+,5?;. The third-order valence-corrected chi connectivity index (χ3v) is 1.16. The molecule has 0 aromatic heterocycles. The Hall–Kier alpha value is -0.0900. The minimum Gasteiger partial charge on any atom is -0.394 e. The fraction of sp³-hybridized carbons (Fsp3) is 1.00. The molecule has 0 fully saturated rings. The van der Waals surface area contributed by atoms with Gasteiger partial charge in [0, 0.05) is 0 Å². The Kier molecular flexibility index (Phi) is 9.36. The van der Waals surface area contributed by atoms with Crippen molar-refractivity contribution in [3.63, 3.8) is 0 Å². The summed E-state index contributed by atoms with van der Waals surface area (Å²) in [7, 11) is -4.64. The smallest absolute Gasteiger partial charge is 0.394 e. The number of aliphatic hydroxyl groups is 5. The third kappa shape index (κ3) is 13.9. The molecule has 0 aromatic carbocycles. The molecule has 0 spiro atoms. The molecule has 0 amide bonds. The van der Waals surface area contributed by atoms with E-state index in [2.05, 4.69) is 0 Å². The van der Waals surface area contributed by atoms with Crippen molar-refractivity contribution >= 4 is 7.82 Å². The molecule has 8 N–H and O–H groups in total. The van der Waals surface area contributed by atoms with Crippen LogP contribution in [-0.2, 0) is 4.57 Å². The van der Waals surface area contributed by atoms with E-state index in [0.717, 1.165) is 0 Å². The molecule has 0 heterocycles. The van der Waals surface area contributed by atoms with Crippen LogP contribution in [0.15, 0.2) is 0 Å². The van der Waals surface area contributed by atoms with Crippen molar-refractivity contribution in [3.05, 3.63) is 0 Å². The van der Waals surface area contributed by atoms with Crippen molar-refractivity contribution in [2.75, 3.05) is 13.2 Å². The lowest BCUT2D eigenvalue weighted by atomic mass is 10.1. The monoisotopic (exact) mass is 250 g/mol. The lowest BCUT2D eigenvalue weighted by molar-refractivity contribution is -0.0900. The molecule has 0 aliphatic heterocycles. The topological polar surface area (TPSA) is 179 Å². The molecule has 10 heteroatoms. The third-order valence-electron chi connectivity index (χ3n) is 1.16. The minimum atomic E-state index is -4.64. The van der Waals surface area contributed by atoms with Crippen molar-refractivity contribution in [2.24, 2.45) is 0 Å². The highest BCUT2D eigenvalue weighted by Gasteiger charge is 2.22. The molecule has 1 unspecified atom stereocenters. The van der Waals surface area contributed by atoms with Gasteiger partial charge in [-0.3, -0.25) is 0 Å². The van der Waals surface area contributed by atoms with Crippen LogP contribution in [0.1, 0.15) is 0 Å². The Bertz CT molecular complexity index is 173. The second-order valence-corrected chi connectivity index (χ2v) is 3.53. The van der Waals surface area contributed by atoms with Gasteiger partial charge in [-0.2, -0.15) is 0 Å². The van der Waals surface area contributed by atoms with Crippen LogP contribution in [0.2, 0.25) is 0 Å². The quantitative estimate of drug-likeness (QED) is 0.231. The van der Waals surface area contributed by atoms with E-state index < -0.39 is 39.3 Å². The first-order valence-corrected chi connectivity index (χ1v) is 5.24. The molecular weight excluding hydrogens is 235 g/mol. The van der Waals surface area contributed by atoms with E-state index in [1.165, 1.54) is 0 Å². The van der Waals surface area contributed by atoms with Gasteiger partial charge in [0.25, 0.3) is 0 Å². The number of hydrogen-bond acceptors (Lipinski definition) is 6. The summed E-state index contributed by atoms with van der Waals surface area (Å²) in [6.07, 6.45) is -4.29. The fourth-order valence-corrected chi connectivity index (χ4v) is 0.472. The maximum atomic E-state index is 8.88. The van der Waals surface area contributed by atoms with E-state index in [1.54, 1.807) is 0 Å². The van der Waals surface area contributed by atoms with Crippen LogP contribution in [0.3, 0.4) is 0 Å². The van der Waals surface area contributed by atoms with Gasteiger partial charge >= 0.3 is 7.82 Å². The maximum absolute atomic E-state index is 8.88. The van der Waals surface area contributed by atoms with Crippen molar-refractivity contribution in [2.45, 2.75) is 18.3 Å². The first kappa shape index (κ1) is 17.3. The summed E-state index contributed by atoms with van der Waals surface area (Å²) in [5.74, 6) is 0. The highest BCUT2D eigenvalue weighted by molar-refractivity contribution is 7.45. The van der Waals surface area contributed by atoms with Gasteiger partial charge in [-0.15, -0.1) is 0 Å². The van der Waals surface area contributed by atoms with Crippen LogP contribution in [0, 0.1) is 0 Å². The zero-order valence-corrected chi connectivity index (χ0v) is 8.47. The molecule has 0 bridgehead atoms. The predicted octanol–water partition coefficient (Wildman–Crippen LogP) is -3.87. The lowest BCUT2D eigenvalue weighted by Gasteiger charge is -2.19. The average molecular weight is 250 g/mol. The fourth-order valence-electron chi connectivity index (χ4n) is 0.472. The van der Waals surface area contributed by atoms with Crippen LogP contribution in [-0.4, -0.2) is 71.7 Å². The van der Waals surface area contributed by atoms with E-state index in [-0.39, 0.29) is 0 Å². The molecule has 9 nitrogen and oxygen atoms in total. The summed E-state index contributed by atoms with van der Waals surface area (Å²) in [5, 5.41) is 42.6. The van der Waals surface area contributed by atoms with E-state index >= 15 is 0 Å². The van der Waals surface area contributed by atoms with E-state index in [1.807, 2.05) is 0 Å². The second kappa shape index (κ2) is 8.11. The summed E-state index contributed by atoms with van der Waals surface area (Å²) in [6, 6.07) is 0. The zero-order chi connectivity index (χ0) is 12.6. The molecule has 0 saturated carbocycles. The summed E-state index contributed by atoms with van der Waals surface area (Å²) < 4.78 is 8.88. The SMILES string of the molecule is O=P(O)(O)O.OC[C@@H](O)C(O)[C@@H](O)CO. The largest absolute Gasteiger partial charge is 0.466 e. The Balaban J connectivity index is 0. The maximum Gasteiger partial charge on any atom is 0.466 e. The van der Waals surface area contributed by atoms with Crippen LogP contribution >= 0.6 is 7.82 Å². The summed E-state index contributed by atoms with van der Waals surface area (Å²) in [4.78, 5) is 21.6. The van der Waals surface area contributed by atoms with Crippen molar-refractivity contribution in [1.29, 1.82) is 0 Å². The Labute approximate surface area is 85.1 Å². The minimum absolute atomic E-state index is 0.641. The highest BCUT2D eigenvalue weighted by Crippen LogP contribution is 2.25. The van der Waals surface area contributed by atoms with Gasteiger partial charge in [0.05, 0.1) is 13.2 Å². The molecule has 0 radical (unpaired) electrons. The predicted molar refractivity (Wildman–Crippen MR) is 46.5 cm³/mol. The van der Waals surface area contributed by atoms with E-state index in [0.29, 0.717) is 0 Å². The molecule has 0 saturated heterocycles. The first-order valence-electron chi connectivity index (χ1n) is 3.67. The van der Waals surface area contributed by atoms with Crippen LogP contribution in [0.25, 0.3) is 0 Å². The molecule has 94 valence electrons. The van der Waals surface area contributed by atoms with E-state index in [4.69, 9.17) is 44.8 Å². The van der Waals surface area contributed by atoms with Gasteiger partial charge in [0.2, 0.25) is 0 Å². The first-order chi connectivity index (χ1) is 6.63. The van der Waals surface area contributed by atoms with Crippen LogP contribution < -0.4 is 0 Å². The molecule has 0 rings (SSSR count).